The first kappa shape index (κ1) is 17.1. The van der Waals surface area contributed by atoms with Crippen LogP contribution in [0.2, 0.25) is 0 Å². The van der Waals surface area contributed by atoms with Gasteiger partial charge in [0.15, 0.2) is 0 Å². The Morgan fingerprint density at radius 2 is 2.00 bits per heavy atom. The van der Waals surface area contributed by atoms with Gasteiger partial charge in [-0.15, -0.1) is 0 Å². The van der Waals surface area contributed by atoms with Gasteiger partial charge in [-0.25, -0.2) is 4.39 Å². The molecular weight excluding hydrogens is 253 g/mol. The zero-order valence-corrected chi connectivity index (χ0v) is 13.0. The lowest BCUT2D eigenvalue weighted by Crippen LogP contribution is -2.23. The zero-order valence-electron chi connectivity index (χ0n) is 13.0. The molecule has 0 aromatic heterocycles. The molecule has 0 aliphatic heterocycles. The van der Waals surface area contributed by atoms with Crippen molar-refractivity contribution in [3.8, 4) is 0 Å². The Morgan fingerprint density at radius 1 is 1.25 bits per heavy atom. The molecule has 114 valence electrons. The number of likely N-dealkylation sites (N-methyl/N-ethyl adjacent to an activating group) is 1. The third-order valence-electron chi connectivity index (χ3n) is 3.72. The fourth-order valence-corrected chi connectivity index (χ4v) is 2.33. The molecule has 1 rings (SSSR count). The summed E-state index contributed by atoms with van der Waals surface area (Å²) in [6.45, 7) is 5.74. The van der Waals surface area contributed by atoms with Gasteiger partial charge in [0.25, 0.3) is 0 Å². The summed E-state index contributed by atoms with van der Waals surface area (Å²) in [5.41, 5.74) is 0.646. The second kappa shape index (κ2) is 9.89. The van der Waals surface area contributed by atoms with Crippen LogP contribution in [-0.2, 0) is 4.74 Å². The molecule has 0 aliphatic rings. The van der Waals surface area contributed by atoms with Gasteiger partial charge in [0.05, 0.1) is 12.7 Å². The Hall–Kier alpha value is -0.930. The summed E-state index contributed by atoms with van der Waals surface area (Å²) < 4.78 is 19.9. The molecule has 0 spiro atoms. The van der Waals surface area contributed by atoms with Crippen LogP contribution in [-0.4, -0.2) is 20.2 Å². The Labute approximate surface area is 122 Å². The van der Waals surface area contributed by atoms with E-state index in [9.17, 15) is 4.39 Å². The predicted octanol–water partition coefficient (Wildman–Crippen LogP) is 4.32. The summed E-state index contributed by atoms with van der Waals surface area (Å²) in [6.07, 6.45) is 4.54. The SMILES string of the molecule is CCCCC(CC)COC(CNC)c1ccccc1F. The highest BCUT2D eigenvalue weighted by molar-refractivity contribution is 5.20. The molecule has 1 N–H and O–H groups in total. The first-order valence-corrected chi connectivity index (χ1v) is 7.73. The molecule has 2 atom stereocenters. The number of halogens is 1. The van der Waals surface area contributed by atoms with Crippen molar-refractivity contribution in [1.29, 1.82) is 0 Å². The predicted molar refractivity (Wildman–Crippen MR) is 82.3 cm³/mol. The topological polar surface area (TPSA) is 21.3 Å². The number of hydrogen-bond donors (Lipinski definition) is 1. The zero-order chi connectivity index (χ0) is 14.8. The average Bonchev–Trinajstić information content (AvgIpc) is 2.47. The van der Waals surface area contributed by atoms with Crippen LogP contribution in [0.4, 0.5) is 4.39 Å². The molecule has 2 nitrogen and oxygen atoms in total. The number of rotatable bonds is 10. The van der Waals surface area contributed by atoms with Crippen molar-refractivity contribution in [1.82, 2.24) is 5.32 Å². The standard InChI is InChI=1S/C17H28FNO/c1-4-6-9-14(5-2)13-20-17(12-19-3)15-10-7-8-11-16(15)18/h7-8,10-11,14,17,19H,4-6,9,12-13H2,1-3H3. The minimum absolute atomic E-state index is 0.186. The van der Waals surface area contributed by atoms with E-state index >= 15 is 0 Å². The maximum Gasteiger partial charge on any atom is 0.129 e. The number of nitrogens with one attached hydrogen (secondary N) is 1. The first-order valence-electron chi connectivity index (χ1n) is 7.73. The van der Waals surface area contributed by atoms with Crippen molar-refractivity contribution >= 4 is 0 Å². The fourth-order valence-electron chi connectivity index (χ4n) is 2.33. The summed E-state index contributed by atoms with van der Waals surface area (Å²) in [7, 11) is 1.87. The average molecular weight is 281 g/mol. The van der Waals surface area contributed by atoms with E-state index in [2.05, 4.69) is 19.2 Å². The van der Waals surface area contributed by atoms with E-state index in [-0.39, 0.29) is 11.9 Å². The van der Waals surface area contributed by atoms with Crippen LogP contribution >= 0.6 is 0 Å². The summed E-state index contributed by atoms with van der Waals surface area (Å²) in [5, 5.41) is 3.09. The molecule has 0 amide bonds. The summed E-state index contributed by atoms with van der Waals surface area (Å²) in [5.74, 6) is 0.385. The normalized spacial score (nSPS) is 14.2. The van der Waals surface area contributed by atoms with Gasteiger partial charge in [-0.1, -0.05) is 51.3 Å². The van der Waals surface area contributed by atoms with Crippen molar-refractivity contribution < 1.29 is 9.13 Å². The van der Waals surface area contributed by atoms with Crippen molar-refractivity contribution in [2.45, 2.75) is 45.6 Å². The fraction of sp³-hybridized carbons (Fsp3) is 0.647. The smallest absolute Gasteiger partial charge is 0.129 e. The van der Waals surface area contributed by atoms with Gasteiger partial charge in [-0.3, -0.25) is 0 Å². The van der Waals surface area contributed by atoms with E-state index in [4.69, 9.17) is 4.74 Å². The highest BCUT2D eigenvalue weighted by Gasteiger charge is 2.17. The lowest BCUT2D eigenvalue weighted by Gasteiger charge is -2.22. The monoisotopic (exact) mass is 281 g/mol. The van der Waals surface area contributed by atoms with Gasteiger partial charge in [0.1, 0.15) is 5.82 Å². The third-order valence-corrected chi connectivity index (χ3v) is 3.72. The highest BCUT2D eigenvalue weighted by atomic mass is 19.1. The van der Waals surface area contributed by atoms with E-state index in [1.807, 2.05) is 19.2 Å². The summed E-state index contributed by atoms with van der Waals surface area (Å²) >= 11 is 0. The van der Waals surface area contributed by atoms with Crippen molar-refractivity contribution in [3.05, 3.63) is 35.6 Å². The molecule has 1 aromatic rings. The molecule has 0 saturated carbocycles. The molecule has 0 heterocycles. The van der Waals surface area contributed by atoms with Crippen LogP contribution < -0.4 is 5.32 Å². The molecule has 0 saturated heterocycles. The molecule has 1 aromatic carbocycles. The van der Waals surface area contributed by atoms with E-state index in [0.717, 1.165) is 6.42 Å². The van der Waals surface area contributed by atoms with Gasteiger partial charge < -0.3 is 10.1 Å². The van der Waals surface area contributed by atoms with Gasteiger partial charge in [-0.2, -0.15) is 0 Å². The number of unbranched alkanes of at least 4 members (excludes halogenated alkanes) is 1. The van der Waals surface area contributed by atoms with Gasteiger partial charge in [0.2, 0.25) is 0 Å². The Morgan fingerprint density at radius 3 is 2.60 bits per heavy atom. The summed E-state index contributed by atoms with van der Waals surface area (Å²) in [4.78, 5) is 0. The second-order valence-corrected chi connectivity index (χ2v) is 5.32. The Bertz CT molecular complexity index is 370. The minimum atomic E-state index is -0.211. The molecule has 0 aliphatic carbocycles. The Kier molecular flexibility index (Phi) is 8.47. The van der Waals surface area contributed by atoms with Crippen LogP contribution in [0.25, 0.3) is 0 Å². The third kappa shape index (κ3) is 5.59. The Balaban J connectivity index is 2.61. The van der Waals surface area contributed by atoms with Crippen LogP contribution in [0.3, 0.4) is 0 Å². The van der Waals surface area contributed by atoms with Gasteiger partial charge in [-0.05, 0) is 25.5 Å². The minimum Gasteiger partial charge on any atom is -0.372 e. The maximum absolute atomic E-state index is 13.9. The lowest BCUT2D eigenvalue weighted by atomic mass is 10.0. The quantitative estimate of drug-likeness (QED) is 0.689. The van der Waals surface area contributed by atoms with Crippen molar-refractivity contribution in [3.63, 3.8) is 0 Å². The van der Waals surface area contributed by atoms with E-state index in [0.29, 0.717) is 24.6 Å². The van der Waals surface area contributed by atoms with Crippen LogP contribution in [0.15, 0.2) is 24.3 Å². The molecular formula is C17H28FNO. The number of benzene rings is 1. The molecule has 20 heavy (non-hydrogen) atoms. The lowest BCUT2D eigenvalue weighted by molar-refractivity contribution is 0.0241. The largest absolute Gasteiger partial charge is 0.372 e. The molecule has 0 bridgehead atoms. The molecule has 0 radical (unpaired) electrons. The first-order chi connectivity index (χ1) is 9.72. The van der Waals surface area contributed by atoms with Crippen molar-refractivity contribution in [2.75, 3.05) is 20.2 Å². The van der Waals surface area contributed by atoms with E-state index < -0.39 is 0 Å². The number of hydrogen-bond acceptors (Lipinski definition) is 2. The van der Waals surface area contributed by atoms with Crippen molar-refractivity contribution in [2.24, 2.45) is 5.92 Å². The van der Waals surface area contributed by atoms with Crippen LogP contribution in [0.5, 0.6) is 0 Å². The summed E-state index contributed by atoms with van der Waals surface area (Å²) in [6, 6.07) is 6.88. The van der Waals surface area contributed by atoms with E-state index in [1.54, 1.807) is 6.07 Å². The second-order valence-electron chi connectivity index (χ2n) is 5.32. The highest BCUT2D eigenvalue weighted by Crippen LogP contribution is 2.22. The molecule has 0 fully saturated rings. The molecule has 2 unspecified atom stereocenters. The van der Waals surface area contributed by atoms with Crippen LogP contribution in [0.1, 0.15) is 51.2 Å². The van der Waals surface area contributed by atoms with Gasteiger partial charge >= 0.3 is 0 Å². The van der Waals surface area contributed by atoms with E-state index in [1.165, 1.54) is 25.3 Å². The maximum atomic E-state index is 13.9. The molecule has 3 heteroatoms. The number of ether oxygens (including phenoxy) is 1. The van der Waals surface area contributed by atoms with Crippen LogP contribution in [0, 0.1) is 11.7 Å². The van der Waals surface area contributed by atoms with Gasteiger partial charge in [0, 0.05) is 12.1 Å².